The summed E-state index contributed by atoms with van der Waals surface area (Å²) in [5.41, 5.74) is 2.30. The van der Waals surface area contributed by atoms with Crippen molar-refractivity contribution in [2.75, 3.05) is 0 Å². The molecular weight excluding hydrogens is 232 g/mol. The zero-order valence-corrected chi connectivity index (χ0v) is 9.41. The minimum atomic E-state index is -1.09. The van der Waals surface area contributed by atoms with Crippen LogP contribution < -0.4 is 5.11 Å². The SMILES string of the molecule is O=C([O-])CCc1nnc2cnc3ccccc3n12. The van der Waals surface area contributed by atoms with Gasteiger partial charge in [0.2, 0.25) is 0 Å². The molecule has 0 aliphatic carbocycles. The van der Waals surface area contributed by atoms with Gasteiger partial charge in [0.15, 0.2) is 5.65 Å². The van der Waals surface area contributed by atoms with Crippen molar-refractivity contribution < 1.29 is 9.90 Å². The maximum absolute atomic E-state index is 10.5. The Morgan fingerprint density at radius 1 is 1.28 bits per heavy atom. The van der Waals surface area contributed by atoms with Crippen LogP contribution >= 0.6 is 0 Å². The van der Waals surface area contributed by atoms with E-state index in [0.717, 1.165) is 11.0 Å². The lowest BCUT2D eigenvalue weighted by atomic mass is 10.2. The van der Waals surface area contributed by atoms with E-state index < -0.39 is 5.97 Å². The topological polar surface area (TPSA) is 83.2 Å². The molecule has 18 heavy (non-hydrogen) atoms. The van der Waals surface area contributed by atoms with Crippen molar-refractivity contribution >= 4 is 22.6 Å². The summed E-state index contributed by atoms with van der Waals surface area (Å²) in [6.07, 6.45) is 1.84. The average Bonchev–Trinajstić information content (AvgIpc) is 2.80. The predicted molar refractivity (Wildman–Crippen MR) is 61.6 cm³/mol. The molecule has 0 aliphatic rings. The third-order valence-electron chi connectivity index (χ3n) is 2.75. The number of rotatable bonds is 3. The van der Waals surface area contributed by atoms with Crippen molar-refractivity contribution in [1.29, 1.82) is 0 Å². The van der Waals surface area contributed by atoms with Crippen molar-refractivity contribution in [3.8, 4) is 0 Å². The average molecular weight is 241 g/mol. The number of carboxylic acid groups (broad SMARTS) is 1. The first-order valence-corrected chi connectivity index (χ1v) is 5.53. The molecule has 0 fully saturated rings. The summed E-state index contributed by atoms with van der Waals surface area (Å²) in [4.78, 5) is 14.8. The van der Waals surface area contributed by atoms with Crippen LogP contribution in [0.3, 0.4) is 0 Å². The van der Waals surface area contributed by atoms with E-state index in [0.29, 0.717) is 11.5 Å². The molecule has 0 spiro atoms. The van der Waals surface area contributed by atoms with E-state index in [1.807, 2.05) is 28.7 Å². The third-order valence-corrected chi connectivity index (χ3v) is 2.75. The highest BCUT2D eigenvalue weighted by Gasteiger charge is 2.09. The predicted octanol–water partition coefficient (Wildman–Crippen LogP) is -0.0400. The molecule has 3 rings (SSSR count). The number of aliphatic carboxylic acids is 1. The summed E-state index contributed by atoms with van der Waals surface area (Å²) in [5, 5.41) is 18.5. The van der Waals surface area contributed by atoms with Gasteiger partial charge in [-0.05, 0) is 18.6 Å². The van der Waals surface area contributed by atoms with Crippen molar-refractivity contribution in [1.82, 2.24) is 19.6 Å². The van der Waals surface area contributed by atoms with Crippen molar-refractivity contribution in [2.45, 2.75) is 12.8 Å². The first-order valence-electron chi connectivity index (χ1n) is 5.53. The van der Waals surface area contributed by atoms with Crippen LogP contribution in [0, 0.1) is 0 Å². The fourth-order valence-corrected chi connectivity index (χ4v) is 1.94. The normalized spacial score (nSPS) is 11.1. The van der Waals surface area contributed by atoms with Gasteiger partial charge in [0.25, 0.3) is 0 Å². The van der Waals surface area contributed by atoms with Crippen molar-refractivity contribution in [2.24, 2.45) is 0 Å². The highest BCUT2D eigenvalue weighted by Crippen LogP contribution is 2.15. The number of hydrogen-bond acceptors (Lipinski definition) is 5. The molecule has 0 amide bonds. The molecule has 0 atom stereocenters. The van der Waals surface area contributed by atoms with Crippen LogP contribution in [0.5, 0.6) is 0 Å². The summed E-state index contributed by atoms with van der Waals surface area (Å²) >= 11 is 0. The minimum Gasteiger partial charge on any atom is -0.550 e. The smallest absolute Gasteiger partial charge is 0.179 e. The molecule has 1 aromatic carbocycles. The van der Waals surface area contributed by atoms with Crippen LogP contribution in [0.1, 0.15) is 12.2 Å². The number of para-hydroxylation sites is 2. The second-order valence-corrected chi connectivity index (χ2v) is 3.93. The zero-order chi connectivity index (χ0) is 12.5. The highest BCUT2D eigenvalue weighted by molar-refractivity contribution is 5.77. The Hall–Kier alpha value is -2.50. The first kappa shape index (κ1) is 10.6. The lowest BCUT2D eigenvalue weighted by Crippen LogP contribution is -2.22. The molecule has 0 unspecified atom stereocenters. The number of aromatic nitrogens is 4. The fourth-order valence-electron chi connectivity index (χ4n) is 1.94. The molecule has 3 aromatic rings. The van der Waals surface area contributed by atoms with E-state index in [-0.39, 0.29) is 12.8 Å². The van der Waals surface area contributed by atoms with Gasteiger partial charge in [0.05, 0.1) is 17.2 Å². The van der Waals surface area contributed by atoms with Gasteiger partial charge in [-0.1, -0.05) is 12.1 Å². The summed E-state index contributed by atoms with van der Waals surface area (Å²) < 4.78 is 1.82. The number of nitrogens with zero attached hydrogens (tertiary/aromatic N) is 4. The van der Waals surface area contributed by atoms with Crippen LogP contribution in [0.25, 0.3) is 16.7 Å². The number of hydrogen-bond donors (Lipinski definition) is 0. The molecule has 0 bridgehead atoms. The van der Waals surface area contributed by atoms with Gasteiger partial charge in [0.1, 0.15) is 5.82 Å². The van der Waals surface area contributed by atoms with E-state index in [1.165, 1.54) is 0 Å². The molecule has 0 aliphatic heterocycles. The Morgan fingerprint density at radius 2 is 2.11 bits per heavy atom. The Morgan fingerprint density at radius 3 is 2.94 bits per heavy atom. The van der Waals surface area contributed by atoms with E-state index >= 15 is 0 Å². The van der Waals surface area contributed by atoms with E-state index in [9.17, 15) is 9.90 Å². The molecule has 2 heterocycles. The standard InChI is InChI=1S/C12H10N4O2/c17-12(18)6-5-10-14-15-11-7-13-8-3-1-2-4-9(8)16(10)11/h1-4,7H,5-6H2,(H,17,18)/p-1. The van der Waals surface area contributed by atoms with Crippen molar-refractivity contribution in [3.05, 3.63) is 36.3 Å². The van der Waals surface area contributed by atoms with Gasteiger partial charge < -0.3 is 9.90 Å². The largest absolute Gasteiger partial charge is 0.550 e. The molecule has 6 nitrogen and oxygen atoms in total. The van der Waals surface area contributed by atoms with Gasteiger partial charge in [-0.2, -0.15) is 0 Å². The van der Waals surface area contributed by atoms with Gasteiger partial charge >= 0.3 is 0 Å². The highest BCUT2D eigenvalue weighted by atomic mass is 16.4. The quantitative estimate of drug-likeness (QED) is 0.642. The van der Waals surface area contributed by atoms with Gasteiger partial charge in [-0.15, -0.1) is 10.2 Å². The molecular formula is C12H9N4O2-. The summed E-state index contributed by atoms with van der Waals surface area (Å²) in [6, 6.07) is 7.58. The molecule has 0 radical (unpaired) electrons. The molecule has 2 aromatic heterocycles. The second kappa shape index (κ2) is 4.06. The number of carbonyl (C=O) groups excluding carboxylic acids is 1. The molecule has 6 heteroatoms. The van der Waals surface area contributed by atoms with Crippen LogP contribution in [-0.2, 0) is 11.2 Å². The number of aryl methyl sites for hydroxylation is 1. The second-order valence-electron chi connectivity index (χ2n) is 3.93. The fraction of sp³-hybridized carbons (Fsp3) is 0.167. The van der Waals surface area contributed by atoms with Gasteiger partial charge in [0, 0.05) is 12.4 Å². The molecule has 90 valence electrons. The molecule has 0 N–H and O–H groups in total. The van der Waals surface area contributed by atoms with Crippen LogP contribution in [0.2, 0.25) is 0 Å². The monoisotopic (exact) mass is 241 g/mol. The maximum atomic E-state index is 10.5. The Balaban J connectivity index is 2.20. The van der Waals surface area contributed by atoms with E-state index in [2.05, 4.69) is 15.2 Å². The van der Waals surface area contributed by atoms with Crippen LogP contribution in [0.15, 0.2) is 30.5 Å². The van der Waals surface area contributed by atoms with Gasteiger partial charge in [-0.25, -0.2) is 0 Å². The number of carboxylic acids is 1. The lowest BCUT2D eigenvalue weighted by Gasteiger charge is -2.04. The van der Waals surface area contributed by atoms with Gasteiger partial charge in [-0.3, -0.25) is 9.38 Å². The first-order chi connectivity index (χ1) is 8.75. The maximum Gasteiger partial charge on any atom is 0.179 e. The zero-order valence-electron chi connectivity index (χ0n) is 9.41. The lowest BCUT2D eigenvalue weighted by molar-refractivity contribution is -0.305. The molecule has 0 saturated carbocycles. The summed E-state index contributed by atoms with van der Waals surface area (Å²) in [6.45, 7) is 0. The third kappa shape index (κ3) is 1.67. The van der Waals surface area contributed by atoms with Crippen LogP contribution in [0.4, 0.5) is 0 Å². The van der Waals surface area contributed by atoms with Crippen LogP contribution in [-0.4, -0.2) is 25.6 Å². The van der Waals surface area contributed by atoms with E-state index in [4.69, 9.17) is 0 Å². The Labute approximate surface area is 102 Å². The van der Waals surface area contributed by atoms with Crippen molar-refractivity contribution in [3.63, 3.8) is 0 Å². The number of carbonyl (C=O) groups is 1. The summed E-state index contributed by atoms with van der Waals surface area (Å²) in [7, 11) is 0. The minimum absolute atomic E-state index is 0.0720. The Bertz CT molecular complexity index is 735. The number of fused-ring (bicyclic) bond motifs is 3. The molecule has 0 saturated heterocycles. The summed E-state index contributed by atoms with van der Waals surface area (Å²) in [5.74, 6) is -0.488. The number of benzene rings is 1. The van der Waals surface area contributed by atoms with E-state index in [1.54, 1.807) is 6.20 Å². The Kier molecular flexibility index (Phi) is 2.40.